The fourth-order valence-corrected chi connectivity index (χ4v) is 3.22. The minimum atomic E-state index is 0.436. The molecule has 4 rings (SSSR count). The quantitative estimate of drug-likeness (QED) is 0.575. The molecule has 0 aliphatic rings. The molecular formula is C17H14N6O2S. The van der Waals surface area contributed by atoms with Crippen LogP contribution in [0, 0.1) is 0 Å². The van der Waals surface area contributed by atoms with Gasteiger partial charge in [-0.2, -0.15) is 0 Å². The molecule has 0 saturated heterocycles. The van der Waals surface area contributed by atoms with Crippen molar-refractivity contribution >= 4 is 32.6 Å². The first kappa shape index (κ1) is 16.2. The average molecular weight is 366 g/mol. The van der Waals surface area contributed by atoms with Crippen LogP contribution in [0.25, 0.3) is 21.6 Å². The van der Waals surface area contributed by atoms with E-state index in [4.69, 9.17) is 9.47 Å². The van der Waals surface area contributed by atoms with Crippen molar-refractivity contribution in [1.82, 2.24) is 24.9 Å². The van der Waals surface area contributed by atoms with Crippen molar-refractivity contribution in [3.8, 4) is 22.9 Å². The van der Waals surface area contributed by atoms with E-state index in [9.17, 15) is 0 Å². The summed E-state index contributed by atoms with van der Waals surface area (Å²) < 4.78 is 10.5. The number of ether oxygens (including phenoxy) is 2. The molecule has 0 aliphatic heterocycles. The van der Waals surface area contributed by atoms with Gasteiger partial charge in [0.05, 0.1) is 26.1 Å². The van der Waals surface area contributed by atoms with E-state index >= 15 is 0 Å². The van der Waals surface area contributed by atoms with Gasteiger partial charge < -0.3 is 14.8 Å². The fraction of sp³-hybridized carbons (Fsp3) is 0.118. The number of rotatable bonds is 5. The van der Waals surface area contributed by atoms with Crippen LogP contribution in [0.2, 0.25) is 0 Å². The van der Waals surface area contributed by atoms with Crippen molar-refractivity contribution in [2.75, 3.05) is 19.5 Å². The number of nitrogens with zero attached hydrogens (tertiary/aromatic N) is 5. The van der Waals surface area contributed by atoms with Crippen LogP contribution in [0.15, 0.2) is 43.0 Å². The van der Waals surface area contributed by atoms with E-state index in [1.165, 1.54) is 11.3 Å². The highest BCUT2D eigenvalue weighted by atomic mass is 32.1. The van der Waals surface area contributed by atoms with Gasteiger partial charge in [0.15, 0.2) is 16.7 Å². The summed E-state index contributed by atoms with van der Waals surface area (Å²) in [6.45, 7) is 0. The van der Waals surface area contributed by atoms with E-state index in [0.29, 0.717) is 22.6 Å². The highest BCUT2D eigenvalue weighted by molar-refractivity contribution is 7.21. The summed E-state index contributed by atoms with van der Waals surface area (Å²) >= 11 is 1.44. The number of fused-ring (bicyclic) bond motifs is 1. The summed E-state index contributed by atoms with van der Waals surface area (Å²) in [5, 5.41) is 3.84. The Morgan fingerprint density at radius 3 is 2.69 bits per heavy atom. The lowest BCUT2D eigenvalue weighted by molar-refractivity contribution is 0.343. The molecule has 0 saturated carbocycles. The largest absolute Gasteiger partial charge is 0.491 e. The van der Waals surface area contributed by atoms with Crippen LogP contribution >= 0.6 is 11.3 Å². The molecular weight excluding hydrogens is 352 g/mol. The van der Waals surface area contributed by atoms with Gasteiger partial charge in [0.2, 0.25) is 0 Å². The van der Waals surface area contributed by atoms with E-state index in [0.717, 1.165) is 21.6 Å². The Hall–Kier alpha value is -3.33. The fourth-order valence-electron chi connectivity index (χ4n) is 2.38. The molecule has 0 aromatic carbocycles. The van der Waals surface area contributed by atoms with Crippen molar-refractivity contribution in [3.05, 3.63) is 43.0 Å². The number of anilines is 2. The summed E-state index contributed by atoms with van der Waals surface area (Å²) in [4.78, 5) is 22.5. The van der Waals surface area contributed by atoms with Gasteiger partial charge in [-0.15, -0.1) is 0 Å². The molecule has 26 heavy (non-hydrogen) atoms. The SMILES string of the molecule is COc1cc(-c2ccc3nc(Nc4cnccn4)sc3n2)cnc1OC. The molecule has 9 heteroatoms. The van der Waals surface area contributed by atoms with Gasteiger partial charge in [0.1, 0.15) is 10.3 Å². The second-order valence-electron chi connectivity index (χ2n) is 5.19. The van der Waals surface area contributed by atoms with E-state index < -0.39 is 0 Å². The lowest BCUT2D eigenvalue weighted by Crippen LogP contribution is -1.94. The van der Waals surface area contributed by atoms with Crippen LogP contribution < -0.4 is 14.8 Å². The topological polar surface area (TPSA) is 94.9 Å². The molecule has 0 spiro atoms. The van der Waals surface area contributed by atoms with Crippen molar-refractivity contribution < 1.29 is 9.47 Å². The Morgan fingerprint density at radius 1 is 1.00 bits per heavy atom. The highest BCUT2D eigenvalue weighted by Gasteiger charge is 2.11. The van der Waals surface area contributed by atoms with Gasteiger partial charge in [-0.3, -0.25) is 4.98 Å². The van der Waals surface area contributed by atoms with Crippen molar-refractivity contribution in [2.45, 2.75) is 0 Å². The summed E-state index contributed by atoms with van der Waals surface area (Å²) in [6.07, 6.45) is 6.58. The van der Waals surface area contributed by atoms with Crippen LogP contribution in [-0.2, 0) is 0 Å². The maximum absolute atomic E-state index is 5.31. The number of nitrogens with one attached hydrogen (secondary N) is 1. The zero-order chi connectivity index (χ0) is 17.9. The van der Waals surface area contributed by atoms with Crippen molar-refractivity contribution in [1.29, 1.82) is 0 Å². The highest BCUT2D eigenvalue weighted by Crippen LogP contribution is 2.32. The lowest BCUT2D eigenvalue weighted by Gasteiger charge is -2.08. The predicted molar refractivity (Wildman–Crippen MR) is 99.1 cm³/mol. The van der Waals surface area contributed by atoms with Crippen LogP contribution in [0.5, 0.6) is 11.6 Å². The van der Waals surface area contributed by atoms with Gasteiger partial charge in [0.25, 0.3) is 5.88 Å². The molecule has 4 heterocycles. The van der Waals surface area contributed by atoms with Crippen LogP contribution in [0.4, 0.5) is 10.9 Å². The van der Waals surface area contributed by atoms with Crippen LogP contribution in [-0.4, -0.2) is 39.1 Å². The smallest absolute Gasteiger partial charge is 0.256 e. The van der Waals surface area contributed by atoms with E-state index in [1.54, 1.807) is 39.0 Å². The van der Waals surface area contributed by atoms with Crippen molar-refractivity contribution in [3.63, 3.8) is 0 Å². The molecule has 0 aliphatic carbocycles. The number of hydrogen-bond donors (Lipinski definition) is 1. The maximum atomic E-state index is 5.31. The molecule has 1 N–H and O–H groups in total. The number of pyridine rings is 2. The standard InChI is InChI=1S/C17H14N6O2S/c1-24-13-7-10(8-20-15(13)25-2)11-3-4-12-16(21-11)26-17(22-12)23-14-9-18-5-6-19-14/h3-9H,1-2H3,(H,19,22,23). The molecule has 4 aromatic heterocycles. The first-order valence-corrected chi connectivity index (χ1v) is 8.47. The minimum Gasteiger partial charge on any atom is -0.491 e. The van der Waals surface area contributed by atoms with Crippen LogP contribution in [0.1, 0.15) is 0 Å². The van der Waals surface area contributed by atoms with E-state index in [1.807, 2.05) is 18.2 Å². The molecule has 130 valence electrons. The second kappa shape index (κ2) is 6.89. The number of thiazole rings is 1. The second-order valence-corrected chi connectivity index (χ2v) is 6.17. The molecule has 0 radical (unpaired) electrons. The first-order valence-electron chi connectivity index (χ1n) is 7.66. The molecule has 0 fully saturated rings. The zero-order valence-corrected chi connectivity index (χ0v) is 14.8. The van der Waals surface area contributed by atoms with E-state index in [2.05, 4.69) is 30.2 Å². The third kappa shape index (κ3) is 3.11. The average Bonchev–Trinajstić information content (AvgIpc) is 3.09. The number of aromatic nitrogens is 5. The Labute approximate surface area is 152 Å². The molecule has 8 nitrogen and oxygen atoms in total. The third-order valence-corrected chi connectivity index (χ3v) is 4.46. The number of methoxy groups -OCH3 is 2. The molecule has 0 bridgehead atoms. The Morgan fingerprint density at radius 2 is 1.92 bits per heavy atom. The summed E-state index contributed by atoms with van der Waals surface area (Å²) in [7, 11) is 3.13. The predicted octanol–water partition coefficient (Wildman–Crippen LogP) is 3.30. The molecule has 0 amide bonds. The number of hydrogen-bond acceptors (Lipinski definition) is 9. The maximum Gasteiger partial charge on any atom is 0.256 e. The van der Waals surface area contributed by atoms with Gasteiger partial charge in [-0.05, 0) is 18.2 Å². The Kier molecular flexibility index (Phi) is 4.28. The van der Waals surface area contributed by atoms with Crippen LogP contribution in [0.3, 0.4) is 0 Å². The zero-order valence-electron chi connectivity index (χ0n) is 14.0. The Bertz CT molecular complexity index is 1050. The lowest BCUT2D eigenvalue weighted by atomic mass is 10.2. The summed E-state index contributed by atoms with van der Waals surface area (Å²) in [5.41, 5.74) is 2.42. The van der Waals surface area contributed by atoms with E-state index in [-0.39, 0.29) is 0 Å². The van der Waals surface area contributed by atoms with Crippen molar-refractivity contribution in [2.24, 2.45) is 0 Å². The van der Waals surface area contributed by atoms with Gasteiger partial charge in [-0.1, -0.05) is 11.3 Å². The summed E-state index contributed by atoms with van der Waals surface area (Å²) in [5.74, 6) is 1.63. The van der Waals surface area contributed by atoms with Gasteiger partial charge >= 0.3 is 0 Å². The monoisotopic (exact) mass is 366 g/mol. The first-order chi connectivity index (χ1) is 12.8. The molecule has 0 atom stereocenters. The Balaban J connectivity index is 1.67. The minimum absolute atomic E-state index is 0.436. The molecule has 4 aromatic rings. The van der Waals surface area contributed by atoms with Gasteiger partial charge in [0, 0.05) is 24.2 Å². The third-order valence-electron chi connectivity index (χ3n) is 3.58. The normalized spacial score (nSPS) is 10.7. The summed E-state index contributed by atoms with van der Waals surface area (Å²) in [6, 6.07) is 5.67. The van der Waals surface area contributed by atoms with Gasteiger partial charge in [-0.25, -0.2) is 19.9 Å². The molecule has 0 unspecified atom stereocenters.